The maximum atomic E-state index is 14.6. The quantitative estimate of drug-likeness (QED) is 0.257. The second-order valence-corrected chi connectivity index (χ2v) is 11.6. The van der Waals surface area contributed by atoms with Gasteiger partial charge in [-0.3, -0.25) is 4.89 Å². The van der Waals surface area contributed by atoms with Crippen molar-refractivity contribution in [3.05, 3.63) is 119 Å². The van der Waals surface area contributed by atoms with Crippen LogP contribution >= 0.6 is 31.3 Å². The second-order valence-electron chi connectivity index (χ2n) is 8.18. The Morgan fingerprint density at radius 2 is 1.05 bits per heavy atom. The predicted molar refractivity (Wildman–Crippen MR) is 142 cm³/mol. The van der Waals surface area contributed by atoms with Crippen molar-refractivity contribution in [3.8, 4) is 0 Å². The highest BCUT2D eigenvalue weighted by molar-refractivity contribution is 7.99. The summed E-state index contributed by atoms with van der Waals surface area (Å²) in [5, 5.41) is 0. The fraction of sp³-hybridized carbons (Fsp3) is 0. The number of phosphoric acid groups is 1. The maximum absolute atomic E-state index is 14.6. The van der Waals surface area contributed by atoms with E-state index in [4.69, 9.17) is 9.05 Å². The highest BCUT2D eigenvalue weighted by atomic mass is 32.2. The Kier molecular flexibility index (Phi) is 6.21. The van der Waals surface area contributed by atoms with Crippen LogP contribution in [-0.4, -0.2) is 4.89 Å². The number of benzene rings is 4. The smallest absolute Gasteiger partial charge is 0.394 e. The Hall–Kier alpha value is -3.29. The number of rotatable bonds is 4. The number of hydrogen-bond acceptors (Lipinski definition) is 5. The molecule has 0 bridgehead atoms. The van der Waals surface area contributed by atoms with Crippen molar-refractivity contribution in [3.63, 3.8) is 0 Å². The summed E-state index contributed by atoms with van der Waals surface area (Å²) in [5.74, 6) is -0.660. The average molecular weight is 551 g/mol. The van der Waals surface area contributed by atoms with Gasteiger partial charge >= 0.3 is 7.82 Å². The molecule has 0 saturated heterocycles. The van der Waals surface area contributed by atoms with Gasteiger partial charge < -0.3 is 9.05 Å². The molecule has 0 radical (unpaired) electrons. The van der Waals surface area contributed by atoms with Gasteiger partial charge in [0.2, 0.25) is 0 Å². The lowest BCUT2D eigenvalue weighted by Gasteiger charge is -2.19. The first kappa shape index (κ1) is 24.1. The number of hydrogen-bond donors (Lipinski definition) is 1. The molecule has 6 rings (SSSR count). The highest BCUT2D eigenvalue weighted by Crippen LogP contribution is 2.55. The number of halogens is 2. The molecule has 2 aliphatic rings. The van der Waals surface area contributed by atoms with E-state index in [1.54, 1.807) is 72.8 Å². The van der Waals surface area contributed by atoms with Gasteiger partial charge in [0.25, 0.3) is 0 Å². The lowest BCUT2D eigenvalue weighted by atomic mass is 10.1. The molecule has 4 nitrogen and oxygen atoms in total. The zero-order valence-corrected chi connectivity index (χ0v) is 21.5. The van der Waals surface area contributed by atoms with Crippen molar-refractivity contribution >= 4 is 55.0 Å². The van der Waals surface area contributed by atoms with Gasteiger partial charge in [0.15, 0.2) is 0 Å². The Morgan fingerprint density at radius 3 is 1.51 bits per heavy atom. The van der Waals surface area contributed by atoms with Gasteiger partial charge in [-0.25, -0.2) is 13.3 Å². The third-order valence-corrected chi connectivity index (χ3v) is 9.00. The zero-order chi connectivity index (χ0) is 25.6. The zero-order valence-electron chi connectivity index (χ0n) is 18.9. The van der Waals surface area contributed by atoms with Crippen molar-refractivity contribution in [1.82, 2.24) is 0 Å². The molecule has 4 aromatic rings. The number of phosphoric ester groups is 1. The minimum absolute atomic E-state index is 0.0709. The molecule has 0 spiro atoms. The van der Waals surface area contributed by atoms with E-state index >= 15 is 0 Å². The van der Waals surface area contributed by atoms with E-state index in [-0.39, 0.29) is 11.5 Å². The van der Waals surface area contributed by atoms with Crippen molar-refractivity contribution in [1.29, 1.82) is 0 Å². The Labute approximate surface area is 220 Å². The van der Waals surface area contributed by atoms with Crippen molar-refractivity contribution < 1.29 is 27.3 Å². The van der Waals surface area contributed by atoms with E-state index in [0.717, 1.165) is 0 Å². The van der Waals surface area contributed by atoms with Crippen molar-refractivity contribution in [2.45, 2.75) is 19.6 Å². The van der Waals surface area contributed by atoms with Crippen LogP contribution in [0.15, 0.2) is 105 Å². The molecule has 9 heteroatoms. The minimum Gasteiger partial charge on any atom is -0.394 e. The third kappa shape index (κ3) is 4.74. The standard InChI is InChI=1S/C28H17F2O4PS2/c29-21-11-5-7-17-15-23(19-9-1-3-13-25(19)36-27(17)21)33-35(31,32)34-24-16-18-8-6-12-22(30)28(18)37-26-14-4-2-10-20(24)26/h1-16H,(H,31,32). The van der Waals surface area contributed by atoms with Crippen molar-refractivity contribution in [2.75, 3.05) is 0 Å². The molecule has 0 aliphatic carbocycles. The van der Waals surface area contributed by atoms with E-state index in [0.29, 0.717) is 41.8 Å². The van der Waals surface area contributed by atoms with Crippen LogP contribution in [0, 0.1) is 11.6 Å². The van der Waals surface area contributed by atoms with Crippen LogP contribution in [0.4, 0.5) is 8.78 Å². The van der Waals surface area contributed by atoms with Crippen LogP contribution in [0.25, 0.3) is 23.7 Å². The molecule has 0 saturated carbocycles. The van der Waals surface area contributed by atoms with Crippen LogP contribution in [-0.2, 0) is 13.6 Å². The predicted octanol–water partition coefficient (Wildman–Crippen LogP) is 8.72. The SMILES string of the molecule is O=P(O)(OC1=Cc2cccc(F)c2Sc2ccccc21)OC1=Cc2cccc(F)c2Sc2ccccc21. The lowest BCUT2D eigenvalue weighted by Crippen LogP contribution is -1.97. The maximum Gasteiger partial charge on any atom is 0.584 e. The van der Waals surface area contributed by atoms with Gasteiger partial charge in [-0.2, -0.15) is 0 Å². The summed E-state index contributed by atoms with van der Waals surface area (Å²) in [4.78, 5) is 13.0. The van der Waals surface area contributed by atoms with E-state index in [1.165, 1.54) is 47.8 Å². The fourth-order valence-corrected chi connectivity index (χ4v) is 7.04. The minimum atomic E-state index is -4.77. The summed E-state index contributed by atoms with van der Waals surface area (Å²) in [6, 6.07) is 23.4. The summed E-state index contributed by atoms with van der Waals surface area (Å²) < 4.78 is 53.9. The molecule has 0 amide bonds. The molecule has 0 fully saturated rings. The molecule has 2 heterocycles. The molecule has 2 aliphatic heterocycles. The summed E-state index contributed by atoms with van der Waals surface area (Å²) >= 11 is 2.43. The first-order valence-corrected chi connectivity index (χ1v) is 14.3. The van der Waals surface area contributed by atoms with Gasteiger partial charge in [0.05, 0.1) is 9.79 Å². The summed E-state index contributed by atoms with van der Waals surface area (Å²) in [6.45, 7) is 0. The molecule has 4 aromatic carbocycles. The third-order valence-electron chi connectivity index (χ3n) is 5.72. The molecular formula is C28H17F2O4PS2. The number of fused-ring (bicyclic) bond motifs is 4. The van der Waals surface area contributed by atoms with Gasteiger partial charge in [-0.15, -0.1) is 0 Å². The van der Waals surface area contributed by atoms with Crippen LogP contribution in [0.3, 0.4) is 0 Å². The van der Waals surface area contributed by atoms with Gasteiger partial charge in [-0.05, 0) is 47.5 Å². The first-order valence-electron chi connectivity index (χ1n) is 11.1. The largest absolute Gasteiger partial charge is 0.584 e. The Balaban J connectivity index is 1.41. The van der Waals surface area contributed by atoms with Crippen LogP contribution in [0.1, 0.15) is 22.3 Å². The summed E-state index contributed by atoms with van der Waals surface area (Å²) in [6.07, 6.45) is 3.05. The average Bonchev–Trinajstić information content (AvgIpc) is 3.13. The summed E-state index contributed by atoms with van der Waals surface area (Å²) in [5.41, 5.74) is 2.07. The lowest BCUT2D eigenvalue weighted by molar-refractivity contribution is 0.264. The Bertz CT molecular complexity index is 1550. The summed E-state index contributed by atoms with van der Waals surface area (Å²) in [7, 11) is -4.77. The highest BCUT2D eigenvalue weighted by Gasteiger charge is 2.32. The topological polar surface area (TPSA) is 55.8 Å². The fourth-order valence-electron chi connectivity index (χ4n) is 4.09. The van der Waals surface area contributed by atoms with E-state index in [1.807, 2.05) is 0 Å². The molecular weight excluding hydrogens is 533 g/mol. The second kappa shape index (κ2) is 9.54. The van der Waals surface area contributed by atoms with E-state index in [2.05, 4.69) is 0 Å². The van der Waals surface area contributed by atoms with Crippen LogP contribution < -0.4 is 0 Å². The molecule has 184 valence electrons. The monoisotopic (exact) mass is 550 g/mol. The van der Waals surface area contributed by atoms with Gasteiger partial charge in [0, 0.05) is 20.9 Å². The Morgan fingerprint density at radius 1 is 0.622 bits per heavy atom. The molecule has 0 unspecified atom stereocenters. The van der Waals surface area contributed by atoms with E-state index in [9.17, 15) is 18.2 Å². The van der Waals surface area contributed by atoms with Crippen LogP contribution in [0.2, 0.25) is 0 Å². The first-order chi connectivity index (χ1) is 17.9. The molecule has 37 heavy (non-hydrogen) atoms. The van der Waals surface area contributed by atoms with E-state index < -0.39 is 19.5 Å². The molecule has 1 N–H and O–H groups in total. The molecule has 0 atom stereocenters. The van der Waals surface area contributed by atoms with Gasteiger partial charge in [-0.1, -0.05) is 84.2 Å². The van der Waals surface area contributed by atoms with Gasteiger partial charge in [0.1, 0.15) is 23.2 Å². The normalized spacial score (nSPS) is 14.0. The van der Waals surface area contributed by atoms with Crippen LogP contribution in [0.5, 0.6) is 0 Å². The van der Waals surface area contributed by atoms with Crippen molar-refractivity contribution in [2.24, 2.45) is 0 Å². The molecule has 0 aromatic heterocycles.